The van der Waals surface area contributed by atoms with Gasteiger partial charge >= 0.3 is 11.9 Å². The summed E-state index contributed by atoms with van der Waals surface area (Å²) in [7, 11) is 0. The molecule has 0 aliphatic heterocycles. The number of carboxylic acid groups (broad SMARTS) is 2. The van der Waals surface area contributed by atoms with Crippen LogP contribution < -0.4 is 5.32 Å². The van der Waals surface area contributed by atoms with Gasteiger partial charge in [-0.1, -0.05) is 0 Å². The predicted octanol–water partition coefficient (Wildman–Crippen LogP) is -0.216. The summed E-state index contributed by atoms with van der Waals surface area (Å²) in [5.74, 6) is -2.09. The van der Waals surface area contributed by atoms with Crippen molar-refractivity contribution in [2.24, 2.45) is 0 Å². The summed E-state index contributed by atoms with van der Waals surface area (Å²) in [4.78, 5) is 31.5. The van der Waals surface area contributed by atoms with Crippen LogP contribution in [0.25, 0.3) is 0 Å². The second-order valence-corrected chi connectivity index (χ2v) is 4.22. The molecule has 0 aromatic carbocycles. The lowest BCUT2D eigenvalue weighted by Gasteiger charge is -2.09. The van der Waals surface area contributed by atoms with Crippen LogP contribution >= 0.6 is 11.8 Å². The molecule has 0 aliphatic rings. The number of thioether (sulfide) groups is 1. The van der Waals surface area contributed by atoms with E-state index >= 15 is 0 Å². The number of amides is 1. The van der Waals surface area contributed by atoms with Crippen LogP contribution in [-0.2, 0) is 14.4 Å². The standard InChI is InChI=1S/C8H13NO5S/c1-5(15-3-2-6(10)11)8(14)9-4-7(12)13/h5H,2-4H2,1H3,(H,9,14)(H,10,11)(H,12,13). The molecule has 1 amide bonds. The Kier molecular flexibility index (Phi) is 6.52. The van der Waals surface area contributed by atoms with E-state index in [0.29, 0.717) is 5.75 Å². The van der Waals surface area contributed by atoms with Gasteiger partial charge in [-0.2, -0.15) is 0 Å². The molecule has 0 bridgehead atoms. The van der Waals surface area contributed by atoms with Crippen LogP contribution in [-0.4, -0.2) is 45.6 Å². The summed E-state index contributed by atoms with van der Waals surface area (Å²) in [6.45, 7) is 1.19. The van der Waals surface area contributed by atoms with E-state index in [1.165, 1.54) is 11.8 Å². The van der Waals surface area contributed by atoms with Crippen molar-refractivity contribution in [3.05, 3.63) is 0 Å². The molecular weight excluding hydrogens is 222 g/mol. The van der Waals surface area contributed by atoms with E-state index in [1.54, 1.807) is 6.92 Å². The van der Waals surface area contributed by atoms with Gasteiger partial charge in [0.25, 0.3) is 0 Å². The molecule has 6 nitrogen and oxygen atoms in total. The Labute approximate surface area is 91.0 Å². The first kappa shape index (κ1) is 13.8. The Hall–Kier alpha value is -1.24. The zero-order chi connectivity index (χ0) is 11.8. The van der Waals surface area contributed by atoms with Crippen molar-refractivity contribution in [2.75, 3.05) is 12.3 Å². The lowest BCUT2D eigenvalue weighted by molar-refractivity contribution is -0.138. The van der Waals surface area contributed by atoms with Crippen molar-refractivity contribution in [2.45, 2.75) is 18.6 Å². The normalized spacial score (nSPS) is 11.8. The summed E-state index contributed by atoms with van der Waals surface area (Å²) in [6.07, 6.45) is -0.0127. The lowest BCUT2D eigenvalue weighted by atomic mass is 10.4. The minimum atomic E-state index is -1.11. The number of carbonyl (C=O) groups is 3. The third-order valence-corrected chi connectivity index (χ3v) is 2.62. The summed E-state index contributed by atoms with van der Waals surface area (Å²) in [5, 5.41) is 18.4. The van der Waals surface area contributed by atoms with Crippen molar-refractivity contribution in [1.82, 2.24) is 5.32 Å². The number of carbonyl (C=O) groups excluding carboxylic acids is 1. The third kappa shape index (κ3) is 7.80. The first-order valence-electron chi connectivity index (χ1n) is 4.26. The molecule has 0 heterocycles. The molecule has 1 unspecified atom stereocenters. The molecule has 0 saturated carbocycles. The summed E-state index contributed by atoms with van der Waals surface area (Å²) in [5.41, 5.74) is 0. The fraction of sp³-hybridized carbons (Fsp3) is 0.625. The third-order valence-electron chi connectivity index (χ3n) is 1.47. The molecule has 0 saturated heterocycles. The SMILES string of the molecule is CC(SCCC(=O)O)C(=O)NCC(=O)O. The highest BCUT2D eigenvalue weighted by Crippen LogP contribution is 2.11. The van der Waals surface area contributed by atoms with Crippen LogP contribution in [0, 0.1) is 0 Å². The molecule has 0 aromatic rings. The first-order valence-corrected chi connectivity index (χ1v) is 5.31. The molecule has 0 radical (unpaired) electrons. The summed E-state index contributed by atoms with van der Waals surface area (Å²) >= 11 is 1.18. The van der Waals surface area contributed by atoms with Crippen LogP contribution in [0.5, 0.6) is 0 Å². The Morgan fingerprint density at radius 3 is 2.33 bits per heavy atom. The minimum absolute atomic E-state index is 0.0127. The highest BCUT2D eigenvalue weighted by atomic mass is 32.2. The van der Waals surface area contributed by atoms with Crippen molar-refractivity contribution in [3.63, 3.8) is 0 Å². The highest BCUT2D eigenvalue weighted by molar-refractivity contribution is 8.00. The number of aliphatic carboxylic acids is 2. The van der Waals surface area contributed by atoms with Crippen LogP contribution in [0.4, 0.5) is 0 Å². The molecule has 0 rings (SSSR count). The lowest BCUT2D eigenvalue weighted by Crippen LogP contribution is -2.35. The maximum Gasteiger partial charge on any atom is 0.322 e. The zero-order valence-corrected chi connectivity index (χ0v) is 9.04. The average Bonchev–Trinajstić information content (AvgIpc) is 2.13. The van der Waals surface area contributed by atoms with Crippen LogP contribution in [0.2, 0.25) is 0 Å². The molecule has 7 heteroatoms. The molecule has 15 heavy (non-hydrogen) atoms. The van der Waals surface area contributed by atoms with Gasteiger partial charge in [0.1, 0.15) is 6.54 Å². The van der Waals surface area contributed by atoms with E-state index in [0.717, 1.165) is 0 Å². The van der Waals surface area contributed by atoms with Gasteiger partial charge in [-0.05, 0) is 6.92 Å². The molecule has 0 fully saturated rings. The predicted molar refractivity (Wildman–Crippen MR) is 54.8 cm³/mol. The highest BCUT2D eigenvalue weighted by Gasteiger charge is 2.14. The van der Waals surface area contributed by atoms with E-state index in [1.807, 2.05) is 0 Å². The maximum atomic E-state index is 11.2. The molecule has 3 N–H and O–H groups in total. The molecule has 86 valence electrons. The Morgan fingerprint density at radius 2 is 1.87 bits per heavy atom. The Balaban J connectivity index is 3.69. The van der Waals surface area contributed by atoms with Crippen LogP contribution in [0.1, 0.15) is 13.3 Å². The van der Waals surface area contributed by atoms with Gasteiger partial charge in [-0.25, -0.2) is 0 Å². The second-order valence-electron chi connectivity index (χ2n) is 2.77. The fourth-order valence-electron chi connectivity index (χ4n) is 0.705. The number of hydrogen-bond acceptors (Lipinski definition) is 4. The van der Waals surface area contributed by atoms with Crippen molar-refractivity contribution >= 4 is 29.6 Å². The van der Waals surface area contributed by atoms with E-state index < -0.39 is 29.6 Å². The van der Waals surface area contributed by atoms with Crippen molar-refractivity contribution in [1.29, 1.82) is 0 Å². The smallest absolute Gasteiger partial charge is 0.322 e. The quantitative estimate of drug-likeness (QED) is 0.563. The molecule has 1 atom stereocenters. The van der Waals surface area contributed by atoms with Gasteiger partial charge in [0.15, 0.2) is 0 Å². The number of hydrogen-bond donors (Lipinski definition) is 3. The van der Waals surface area contributed by atoms with Gasteiger partial charge in [0.05, 0.1) is 11.7 Å². The maximum absolute atomic E-state index is 11.2. The van der Waals surface area contributed by atoms with Crippen molar-refractivity contribution < 1.29 is 24.6 Å². The number of rotatable bonds is 7. The monoisotopic (exact) mass is 235 g/mol. The largest absolute Gasteiger partial charge is 0.481 e. The van der Waals surface area contributed by atoms with Gasteiger partial charge in [0.2, 0.25) is 5.91 Å². The van der Waals surface area contributed by atoms with Gasteiger partial charge in [-0.15, -0.1) is 11.8 Å². The van der Waals surface area contributed by atoms with E-state index in [-0.39, 0.29) is 6.42 Å². The molecule has 0 aromatic heterocycles. The Bertz CT molecular complexity index is 255. The molecule has 0 aliphatic carbocycles. The molecular formula is C8H13NO5S. The average molecular weight is 235 g/mol. The number of nitrogens with one attached hydrogen (secondary N) is 1. The van der Waals surface area contributed by atoms with Gasteiger partial charge in [-0.3, -0.25) is 14.4 Å². The summed E-state index contributed by atoms with van der Waals surface area (Å²) in [6, 6.07) is 0. The Morgan fingerprint density at radius 1 is 1.27 bits per heavy atom. The van der Waals surface area contributed by atoms with Crippen molar-refractivity contribution in [3.8, 4) is 0 Å². The van der Waals surface area contributed by atoms with Crippen LogP contribution in [0.15, 0.2) is 0 Å². The van der Waals surface area contributed by atoms with E-state index in [4.69, 9.17) is 10.2 Å². The molecule has 0 spiro atoms. The summed E-state index contributed by atoms with van der Waals surface area (Å²) < 4.78 is 0. The first-order chi connectivity index (χ1) is 6.93. The van der Waals surface area contributed by atoms with E-state index in [9.17, 15) is 14.4 Å². The minimum Gasteiger partial charge on any atom is -0.481 e. The van der Waals surface area contributed by atoms with Crippen LogP contribution in [0.3, 0.4) is 0 Å². The number of carboxylic acids is 2. The zero-order valence-electron chi connectivity index (χ0n) is 8.23. The van der Waals surface area contributed by atoms with Gasteiger partial charge < -0.3 is 15.5 Å². The van der Waals surface area contributed by atoms with Gasteiger partial charge in [0, 0.05) is 5.75 Å². The topological polar surface area (TPSA) is 104 Å². The second kappa shape index (κ2) is 7.10. The fourth-order valence-corrected chi connectivity index (χ4v) is 1.59. The van der Waals surface area contributed by atoms with E-state index in [2.05, 4.69) is 5.32 Å².